The summed E-state index contributed by atoms with van der Waals surface area (Å²) in [7, 11) is 4.26. The Labute approximate surface area is 128 Å². The number of nitrogens with one attached hydrogen (secondary N) is 1. The molecule has 112 valence electrons. The van der Waals surface area contributed by atoms with Crippen molar-refractivity contribution in [3.05, 3.63) is 71.8 Å². The van der Waals surface area contributed by atoms with Crippen LogP contribution in [0.1, 0.15) is 30.0 Å². The summed E-state index contributed by atoms with van der Waals surface area (Å²) in [6, 6.07) is 21.7. The lowest BCUT2D eigenvalue weighted by molar-refractivity contribution is 0.390. The predicted molar refractivity (Wildman–Crippen MR) is 90.5 cm³/mol. The molecule has 0 aliphatic rings. The Hall–Kier alpha value is -1.64. The lowest BCUT2D eigenvalue weighted by Gasteiger charge is -2.20. The molecule has 0 aliphatic heterocycles. The lowest BCUT2D eigenvalue weighted by atomic mass is 9.98. The van der Waals surface area contributed by atoms with Crippen LogP contribution in [0.15, 0.2) is 60.7 Å². The number of nitrogens with zero attached hydrogens (tertiary/aromatic N) is 1. The van der Waals surface area contributed by atoms with Gasteiger partial charge in [0.05, 0.1) is 6.04 Å². The van der Waals surface area contributed by atoms with Crippen molar-refractivity contribution in [2.24, 2.45) is 0 Å². The van der Waals surface area contributed by atoms with Crippen LogP contribution in [0.5, 0.6) is 0 Å². The van der Waals surface area contributed by atoms with E-state index in [4.69, 9.17) is 0 Å². The van der Waals surface area contributed by atoms with Gasteiger partial charge in [0.25, 0.3) is 0 Å². The highest BCUT2D eigenvalue weighted by atomic mass is 15.0. The Morgan fingerprint density at radius 2 is 1.33 bits per heavy atom. The normalized spacial score (nSPS) is 11.2. The maximum atomic E-state index is 3.71. The summed E-state index contributed by atoms with van der Waals surface area (Å²) in [4.78, 5) is 2.24. The molecular formula is C19H26N2. The van der Waals surface area contributed by atoms with Crippen molar-refractivity contribution in [3.63, 3.8) is 0 Å². The molecule has 1 N–H and O–H groups in total. The molecule has 2 aromatic rings. The summed E-state index contributed by atoms with van der Waals surface area (Å²) in [6.45, 7) is 2.20. The van der Waals surface area contributed by atoms with Crippen molar-refractivity contribution >= 4 is 0 Å². The third kappa shape index (κ3) is 5.33. The van der Waals surface area contributed by atoms with E-state index < -0.39 is 0 Å². The van der Waals surface area contributed by atoms with Gasteiger partial charge in [0.2, 0.25) is 0 Å². The quantitative estimate of drug-likeness (QED) is 0.743. The van der Waals surface area contributed by atoms with E-state index in [1.54, 1.807) is 0 Å². The molecular weight excluding hydrogens is 256 g/mol. The molecule has 0 fully saturated rings. The van der Waals surface area contributed by atoms with Crippen LogP contribution >= 0.6 is 0 Å². The third-order valence-corrected chi connectivity index (χ3v) is 3.65. The molecule has 2 nitrogen and oxygen atoms in total. The predicted octanol–water partition coefficient (Wildman–Crippen LogP) is 3.71. The number of hydrogen-bond acceptors (Lipinski definition) is 2. The van der Waals surface area contributed by atoms with Gasteiger partial charge >= 0.3 is 0 Å². The largest absolute Gasteiger partial charge is 0.309 e. The average molecular weight is 282 g/mol. The van der Waals surface area contributed by atoms with Gasteiger partial charge in [0.15, 0.2) is 0 Å². The summed E-state index contributed by atoms with van der Waals surface area (Å²) in [5.41, 5.74) is 2.66. The number of benzene rings is 2. The van der Waals surface area contributed by atoms with E-state index in [0.29, 0.717) is 0 Å². The topological polar surface area (TPSA) is 15.3 Å². The van der Waals surface area contributed by atoms with Crippen molar-refractivity contribution in [3.8, 4) is 0 Å². The molecule has 0 saturated carbocycles. The molecule has 0 spiro atoms. The van der Waals surface area contributed by atoms with Crippen LogP contribution in [0.4, 0.5) is 0 Å². The van der Waals surface area contributed by atoms with Gasteiger partial charge < -0.3 is 10.2 Å². The zero-order chi connectivity index (χ0) is 14.9. The van der Waals surface area contributed by atoms with Crippen LogP contribution in [-0.4, -0.2) is 32.1 Å². The highest BCUT2D eigenvalue weighted by molar-refractivity contribution is 5.31. The third-order valence-electron chi connectivity index (χ3n) is 3.65. The molecule has 2 heteroatoms. The number of unbranched alkanes of at least 4 members (excludes halogenated alkanes) is 1. The first kappa shape index (κ1) is 15.7. The average Bonchev–Trinajstić information content (AvgIpc) is 2.52. The zero-order valence-electron chi connectivity index (χ0n) is 13.1. The molecule has 0 atom stereocenters. The molecule has 2 rings (SSSR count). The molecule has 2 aromatic carbocycles. The monoisotopic (exact) mass is 282 g/mol. The molecule has 0 unspecified atom stereocenters. The van der Waals surface area contributed by atoms with Crippen LogP contribution < -0.4 is 5.32 Å². The summed E-state index contributed by atoms with van der Waals surface area (Å²) in [5.74, 6) is 0. The number of hydrogen-bond donors (Lipinski definition) is 1. The van der Waals surface area contributed by atoms with Gasteiger partial charge in [0, 0.05) is 0 Å². The minimum absolute atomic E-state index is 0.284. The summed E-state index contributed by atoms with van der Waals surface area (Å²) < 4.78 is 0. The van der Waals surface area contributed by atoms with Gasteiger partial charge in [-0.3, -0.25) is 0 Å². The van der Waals surface area contributed by atoms with Crippen molar-refractivity contribution in [1.29, 1.82) is 0 Å². The van der Waals surface area contributed by atoms with E-state index in [9.17, 15) is 0 Å². The Morgan fingerprint density at radius 1 is 0.810 bits per heavy atom. The Morgan fingerprint density at radius 3 is 1.81 bits per heavy atom. The smallest absolute Gasteiger partial charge is 0.0576 e. The minimum atomic E-state index is 0.284. The molecule has 0 aromatic heterocycles. The van der Waals surface area contributed by atoms with E-state index in [1.165, 1.54) is 24.0 Å². The molecule has 0 aliphatic carbocycles. The fraction of sp³-hybridized carbons (Fsp3) is 0.368. The van der Waals surface area contributed by atoms with Gasteiger partial charge in [-0.2, -0.15) is 0 Å². The second-order valence-electron chi connectivity index (χ2n) is 5.72. The molecule has 21 heavy (non-hydrogen) atoms. The van der Waals surface area contributed by atoms with Gasteiger partial charge in [-0.25, -0.2) is 0 Å². The Kier molecular flexibility index (Phi) is 6.45. The molecule has 0 radical (unpaired) electrons. The second kappa shape index (κ2) is 8.60. The SMILES string of the molecule is CN(C)CCCCNC(c1ccccc1)c1ccccc1. The van der Waals surface area contributed by atoms with Crippen LogP contribution in [0.3, 0.4) is 0 Å². The lowest BCUT2D eigenvalue weighted by Crippen LogP contribution is -2.24. The summed E-state index contributed by atoms with van der Waals surface area (Å²) in [6.07, 6.45) is 2.44. The van der Waals surface area contributed by atoms with Crippen molar-refractivity contribution in [2.75, 3.05) is 27.2 Å². The van der Waals surface area contributed by atoms with Crippen LogP contribution in [0.2, 0.25) is 0 Å². The fourth-order valence-electron chi connectivity index (χ4n) is 2.52. The van der Waals surface area contributed by atoms with Gasteiger partial charge in [-0.1, -0.05) is 60.7 Å². The first-order valence-electron chi connectivity index (χ1n) is 7.75. The highest BCUT2D eigenvalue weighted by Crippen LogP contribution is 2.21. The molecule has 0 bridgehead atoms. The van der Waals surface area contributed by atoms with Gasteiger partial charge in [0.1, 0.15) is 0 Å². The van der Waals surface area contributed by atoms with Crippen LogP contribution in [0.25, 0.3) is 0 Å². The highest BCUT2D eigenvalue weighted by Gasteiger charge is 2.12. The van der Waals surface area contributed by atoms with Crippen LogP contribution in [0, 0.1) is 0 Å². The second-order valence-corrected chi connectivity index (χ2v) is 5.72. The zero-order valence-corrected chi connectivity index (χ0v) is 13.1. The first-order valence-corrected chi connectivity index (χ1v) is 7.75. The maximum Gasteiger partial charge on any atom is 0.0576 e. The van der Waals surface area contributed by atoms with Gasteiger partial charge in [-0.15, -0.1) is 0 Å². The molecule has 0 amide bonds. The fourth-order valence-corrected chi connectivity index (χ4v) is 2.52. The van der Waals surface area contributed by atoms with E-state index in [1.807, 2.05) is 0 Å². The molecule has 0 saturated heterocycles. The number of rotatable bonds is 8. The summed E-state index contributed by atoms with van der Waals surface area (Å²) >= 11 is 0. The van der Waals surface area contributed by atoms with E-state index in [-0.39, 0.29) is 6.04 Å². The first-order chi connectivity index (χ1) is 10.3. The van der Waals surface area contributed by atoms with E-state index in [0.717, 1.165) is 13.1 Å². The van der Waals surface area contributed by atoms with Crippen molar-refractivity contribution < 1.29 is 0 Å². The van der Waals surface area contributed by atoms with E-state index >= 15 is 0 Å². The van der Waals surface area contributed by atoms with E-state index in [2.05, 4.69) is 85.0 Å². The standard InChI is InChI=1S/C19H26N2/c1-21(2)16-10-9-15-20-19(17-11-5-3-6-12-17)18-13-7-4-8-14-18/h3-8,11-14,19-20H,9-10,15-16H2,1-2H3. The van der Waals surface area contributed by atoms with Crippen LogP contribution in [-0.2, 0) is 0 Å². The maximum absolute atomic E-state index is 3.71. The summed E-state index contributed by atoms with van der Waals surface area (Å²) in [5, 5.41) is 3.71. The van der Waals surface area contributed by atoms with Crippen molar-refractivity contribution in [1.82, 2.24) is 10.2 Å². The Balaban J connectivity index is 1.97. The van der Waals surface area contributed by atoms with Crippen molar-refractivity contribution in [2.45, 2.75) is 18.9 Å². The van der Waals surface area contributed by atoms with Gasteiger partial charge in [-0.05, 0) is 51.2 Å². The molecule has 0 heterocycles. The Bertz CT molecular complexity index is 454. The minimum Gasteiger partial charge on any atom is -0.309 e.